The predicted octanol–water partition coefficient (Wildman–Crippen LogP) is 0.0128. The van der Waals surface area contributed by atoms with Gasteiger partial charge in [0.2, 0.25) is 0 Å². The summed E-state index contributed by atoms with van der Waals surface area (Å²) in [5.74, 6) is 0. The number of rotatable bonds is 0. The van der Waals surface area contributed by atoms with Crippen molar-refractivity contribution in [1.29, 1.82) is 0 Å². The van der Waals surface area contributed by atoms with Gasteiger partial charge >= 0.3 is 6.09 Å². The van der Waals surface area contributed by atoms with Crippen LogP contribution in [-0.4, -0.2) is 56.0 Å². The summed E-state index contributed by atoms with van der Waals surface area (Å²) >= 11 is 0. The van der Waals surface area contributed by atoms with Crippen molar-refractivity contribution in [2.24, 2.45) is 0 Å². The Labute approximate surface area is 71.7 Å². The van der Waals surface area contributed by atoms with E-state index >= 15 is 0 Å². The summed E-state index contributed by atoms with van der Waals surface area (Å²) in [5, 5.41) is 11.3. The summed E-state index contributed by atoms with van der Waals surface area (Å²) in [6, 6.07) is 0. The lowest BCUT2D eigenvalue weighted by Gasteiger charge is -2.44. The predicted molar refractivity (Wildman–Crippen MR) is 43.3 cm³/mol. The highest BCUT2D eigenvalue weighted by Crippen LogP contribution is 2.08. The second-order valence-electron chi connectivity index (χ2n) is 3.20. The van der Waals surface area contributed by atoms with Gasteiger partial charge in [0.05, 0.1) is 40.3 Å². The fourth-order valence-electron chi connectivity index (χ4n) is 1.20. The van der Waals surface area contributed by atoms with Crippen molar-refractivity contribution < 1.29 is 14.2 Å². The number of likely N-dealkylation sites (N-methyl/N-ethyl adjacent to an activating group) is 1. The van der Waals surface area contributed by atoms with E-state index in [1.54, 1.807) is 11.9 Å². The van der Waals surface area contributed by atoms with Gasteiger partial charge in [0.1, 0.15) is 0 Å². The number of nitrogens with zero attached hydrogens (tertiary/aromatic N) is 2. The van der Waals surface area contributed by atoms with Gasteiger partial charge in [-0.3, -0.25) is 4.90 Å². The number of carbonyl (C=O) groups is 1. The highest BCUT2D eigenvalue weighted by Gasteiger charge is 2.24. The van der Waals surface area contributed by atoms with E-state index in [2.05, 4.69) is 4.74 Å². The highest BCUT2D eigenvalue weighted by molar-refractivity contribution is 5.67. The van der Waals surface area contributed by atoms with E-state index in [9.17, 15) is 10.0 Å². The van der Waals surface area contributed by atoms with Crippen LogP contribution in [0.5, 0.6) is 0 Å². The summed E-state index contributed by atoms with van der Waals surface area (Å²) in [7, 11) is 2.97. The molecule has 1 aliphatic rings. The lowest BCUT2D eigenvalue weighted by atomic mass is 10.3. The second-order valence-corrected chi connectivity index (χ2v) is 3.20. The average Bonchev–Trinajstić information content (AvgIpc) is 2.03. The summed E-state index contributed by atoms with van der Waals surface area (Å²) in [5.41, 5.74) is 0. The maximum Gasteiger partial charge on any atom is 0.409 e. The third-order valence-electron chi connectivity index (χ3n) is 2.12. The molecule has 0 unspecified atom stereocenters. The molecule has 0 saturated carbocycles. The summed E-state index contributed by atoms with van der Waals surface area (Å²) in [4.78, 5) is 12.5. The highest BCUT2D eigenvalue weighted by atomic mass is 16.6. The summed E-state index contributed by atoms with van der Waals surface area (Å²) < 4.78 is 4.28. The molecule has 0 radical (unpaired) electrons. The van der Waals surface area contributed by atoms with Crippen LogP contribution in [0.15, 0.2) is 0 Å². The lowest BCUT2D eigenvalue weighted by molar-refractivity contribution is -0.864. The van der Waals surface area contributed by atoms with E-state index in [4.69, 9.17) is 0 Å². The van der Waals surface area contributed by atoms with Gasteiger partial charge in [-0.1, -0.05) is 0 Å². The van der Waals surface area contributed by atoms with Crippen LogP contribution in [-0.2, 0) is 4.74 Å². The molecule has 1 fully saturated rings. The molecular weight excluding hydrogens is 160 g/mol. The monoisotopic (exact) mass is 174 g/mol. The van der Waals surface area contributed by atoms with Crippen molar-refractivity contribution in [1.82, 2.24) is 4.90 Å². The van der Waals surface area contributed by atoms with E-state index in [1.807, 2.05) is 0 Å². The molecular formula is C7H14N2O3. The topological polar surface area (TPSA) is 52.6 Å². The first-order valence-corrected chi connectivity index (χ1v) is 3.93. The maximum atomic E-state index is 11.3. The first-order chi connectivity index (χ1) is 5.55. The molecule has 5 heteroatoms. The van der Waals surface area contributed by atoms with Crippen LogP contribution in [0.1, 0.15) is 0 Å². The number of piperazine rings is 1. The van der Waals surface area contributed by atoms with Crippen molar-refractivity contribution in [3.05, 3.63) is 5.21 Å². The molecule has 0 aliphatic carbocycles. The van der Waals surface area contributed by atoms with Crippen molar-refractivity contribution in [3.63, 3.8) is 0 Å². The number of methoxy groups -OCH3 is 1. The van der Waals surface area contributed by atoms with E-state index in [1.165, 1.54) is 7.11 Å². The minimum atomic E-state index is -0.338. The fraction of sp³-hybridized carbons (Fsp3) is 0.857. The normalized spacial score (nSPS) is 22.1. The van der Waals surface area contributed by atoms with Gasteiger partial charge in [-0.2, -0.15) is 0 Å². The van der Waals surface area contributed by atoms with Gasteiger partial charge in [-0.05, 0) is 0 Å². The Kier molecular flexibility index (Phi) is 2.54. The van der Waals surface area contributed by atoms with Gasteiger partial charge < -0.3 is 14.6 Å². The van der Waals surface area contributed by atoms with Crippen molar-refractivity contribution in [2.45, 2.75) is 0 Å². The Morgan fingerprint density at radius 3 is 2.42 bits per heavy atom. The van der Waals surface area contributed by atoms with E-state index in [-0.39, 0.29) is 10.7 Å². The molecule has 0 atom stereocenters. The average molecular weight is 174 g/mol. The largest absolute Gasteiger partial charge is 0.633 e. The Morgan fingerprint density at radius 2 is 2.00 bits per heavy atom. The standard InChI is InChI=1S/C7H14N2O3/c1-9(11)5-3-8(4-6-9)7(10)12-2/h3-6H2,1-2H3. The number of quaternary nitrogens is 1. The Balaban J connectivity index is 2.41. The van der Waals surface area contributed by atoms with Crippen molar-refractivity contribution >= 4 is 6.09 Å². The molecule has 1 heterocycles. The lowest BCUT2D eigenvalue weighted by Crippen LogP contribution is -2.55. The molecule has 70 valence electrons. The maximum absolute atomic E-state index is 11.3. The molecule has 1 rings (SSSR count). The number of hydrogen-bond acceptors (Lipinski definition) is 3. The molecule has 0 aromatic heterocycles. The number of hydroxylamine groups is 3. The first-order valence-electron chi connectivity index (χ1n) is 3.93. The van der Waals surface area contributed by atoms with Gasteiger partial charge in [-0.15, -0.1) is 0 Å². The molecule has 0 N–H and O–H groups in total. The minimum Gasteiger partial charge on any atom is -0.633 e. The Hall–Kier alpha value is -0.810. The molecule has 5 nitrogen and oxygen atoms in total. The molecule has 12 heavy (non-hydrogen) atoms. The van der Waals surface area contributed by atoms with Crippen LogP contribution in [0.2, 0.25) is 0 Å². The third kappa shape index (κ3) is 2.09. The van der Waals surface area contributed by atoms with Crippen molar-refractivity contribution in [3.8, 4) is 0 Å². The first kappa shape index (κ1) is 9.28. The molecule has 0 aromatic rings. The number of ether oxygens (including phenoxy) is 1. The summed E-state index contributed by atoms with van der Waals surface area (Å²) in [6.07, 6.45) is -0.338. The van der Waals surface area contributed by atoms with Gasteiger partial charge in [0.25, 0.3) is 0 Å². The van der Waals surface area contributed by atoms with Crippen LogP contribution >= 0.6 is 0 Å². The third-order valence-corrected chi connectivity index (χ3v) is 2.12. The summed E-state index contributed by atoms with van der Waals surface area (Å²) in [6.45, 7) is 1.89. The smallest absolute Gasteiger partial charge is 0.409 e. The second kappa shape index (κ2) is 3.28. The van der Waals surface area contributed by atoms with E-state index in [0.29, 0.717) is 26.2 Å². The quantitative estimate of drug-likeness (QED) is 0.384. The number of amides is 1. The molecule has 1 aliphatic heterocycles. The van der Waals surface area contributed by atoms with Crippen LogP contribution in [0.4, 0.5) is 4.79 Å². The van der Waals surface area contributed by atoms with Crippen LogP contribution in [0, 0.1) is 5.21 Å². The van der Waals surface area contributed by atoms with E-state index < -0.39 is 0 Å². The van der Waals surface area contributed by atoms with Crippen LogP contribution in [0.3, 0.4) is 0 Å². The minimum absolute atomic E-state index is 0.256. The van der Waals surface area contributed by atoms with Gasteiger partial charge in [0.15, 0.2) is 0 Å². The van der Waals surface area contributed by atoms with E-state index in [0.717, 1.165) is 0 Å². The van der Waals surface area contributed by atoms with Crippen molar-refractivity contribution in [2.75, 3.05) is 40.3 Å². The number of carbonyl (C=O) groups excluding carboxylic acids is 1. The number of hydrogen-bond donors (Lipinski definition) is 0. The zero-order valence-corrected chi connectivity index (χ0v) is 7.45. The zero-order valence-electron chi connectivity index (χ0n) is 7.45. The molecule has 0 aromatic carbocycles. The fourth-order valence-corrected chi connectivity index (χ4v) is 1.20. The molecule has 0 bridgehead atoms. The molecule has 1 amide bonds. The SMILES string of the molecule is COC(=O)N1CC[N+](C)([O-])CC1. The zero-order chi connectivity index (χ0) is 9.19. The van der Waals surface area contributed by atoms with Crippen LogP contribution < -0.4 is 0 Å². The molecule has 0 spiro atoms. The van der Waals surface area contributed by atoms with Crippen LogP contribution in [0.25, 0.3) is 0 Å². The van der Waals surface area contributed by atoms with Gasteiger partial charge in [-0.25, -0.2) is 4.79 Å². The molecule has 1 saturated heterocycles. The Morgan fingerprint density at radius 1 is 1.50 bits per heavy atom. The Bertz CT molecular complexity index is 171. The van der Waals surface area contributed by atoms with Gasteiger partial charge in [0, 0.05) is 0 Å².